The molecule has 138 valence electrons. The van der Waals surface area contributed by atoms with Gasteiger partial charge in [0.2, 0.25) is 0 Å². The molecule has 0 spiro atoms. The summed E-state index contributed by atoms with van der Waals surface area (Å²) in [5.41, 5.74) is 2.44. The summed E-state index contributed by atoms with van der Waals surface area (Å²) in [5, 5.41) is 3.40. The maximum atomic E-state index is 13.5. The third-order valence-corrected chi connectivity index (χ3v) is 5.31. The Morgan fingerprint density at radius 1 is 1.12 bits per heavy atom. The van der Waals surface area contributed by atoms with Gasteiger partial charge in [0.15, 0.2) is 0 Å². The number of hydrogen-bond donors (Lipinski definition) is 1. The Balaban J connectivity index is 1.75. The molecule has 2 aliphatic heterocycles. The van der Waals surface area contributed by atoms with Crippen LogP contribution in [0.2, 0.25) is 0 Å². The van der Waals surface area contributed by atoms with Crippen LogP contribution in [0.25, 0.3) is 11.1 Å². The summed E-state index contributed by atoms with van der Waals surface area (Å²) < 4.78 is 45.6. The fraction of sp³-hybridized carbons (Fsp3) is 0.400. The van der Waals surface area contributed by atoms with Crippen molar-refractivity contribution >= 4 is 5.69 Å². The van der Waals surface area contributed by atoms with Crippen LogP contribution in [0.15, 0.2) is 36.4 Å². The van der Waals surface area contributed by atoms with Gasteiger partial charge in [-0.15, -0.1) is 0 Å². The predicted octanol–water partition coefficient (Wildman–Crippen LogP) is 4.11. The van der Waals surface area contributed by atoms with E-state index in [0.29, 0.717) is 11.6 Å². The Kier molecular flexibility index (Phi) is 4.31. The molecule has 0 radical (unpaired) electrons. The number of rotatable bonds is 2. The van der Waals surface area contributed by atoms with E-state index in [0.717, 1.165) is 49.8 Å². The highest BCUT2D eigenvalue weighted by molar-refractivity contribution is 5.74. The summed E-state index contributed by atoms with van der Waals surface area (Å²) in [5.74, 6) is 0.211. The summed E-state index contributed by atoms with van der Waals surface area (Å²) in [6, 6.07) is 10.3. The lowest BCUT2D eigenvalue weighted by Crippen LogP contribution is -2.32. The third kappa shape index (κ3) is 3.03. The normalized spacial score (nSPS) is 19.7. The molecule has 0 saturated carbocycles. The van der Waals surface area contributed by atoms with Gasteiger partial charge >= 0.3 is 6.18 Å². The van der Waals surface area contributed by atoms with E-state index in [1.165, 1.54) is 13.2 Å². The van der Waals surface area contributed by atoms with Crippen LogP contribution >= 0.6 is 0 Å². The zero-order valence-corrected chi connectivity index (χ0v) is 14.6. The number of alkyl halides is 3. The predicted molar refractivity (Wildman–Crippen MR) is 95.8 cm³/mol. The molecule has 1 N–H and O–H groups in total. The Labute approximate surface area is 150 Å². The highest BCUT2D eigenvalue weighted by Gasteiger charge is 2.35. The lowest BCUT2D eigenvalue weighted by atomic mass is 9.96. The first-order valence-electron chi connectivity index (χ1n) is 8.83. The van der Waals surface area contributed by atoms with Gasteiger partial charge in [-0.25, -0.2) is 0 Å². The first kappa shape index (κ1) is 17.2. The van der Waals surface area contributed by atoms with Crippen molar-refractivity contribution in [3.8, 4) is 16.9 Å². The molecule has 0 aliphatic carbocycles. The minimum Gasteiger partial charge on any atom is -0.497 e. The molecule has 6 heteroatoms. The number of hydrogen-bond acceptors (Lipinski definition) is 3. The largest absolute Gasteiger partial charge is 0.497 e. The number of anilines is 1. The number of methoxy groups -OCH3 is 1. The summed E-state index contributed by atoms with van der Waals surface area (Å²) >= 11 is 0. The minimum atomic E-state index is -4.43. The zero-order chi connectivity index (χ0) is 18.3. The molecule has 0 aromatic heterocycles. The Morgan fingerprint density at radius 3 is 2.73 bits per heavy atom. The maximum absolute atomic E-state index is 13.5. The van der Waals surface area contributed by atoms with Crippen LogP contribution in [0.4, 0.5) is 18.9 Å². The Morgan fingerprint density at radius 2 is 1.96 bits per heavy atom. The standard InChI is InChI=1S/C20H21F3N2O/c1-26-16-3-4-17(18(12-16)20(21,22)23)13-2-5-19-14(10-13)11-15-6-7-24-8-9-25(15)19/h2-5,10,12,15,24H,6-9,11H2,1H3. The van der Waals surface area contributed by atoms with Crippen LogP contribution in [0, 0.1) is 0 Å². The van der Waals surface area contributed by atoms with E-state index < -0.39 is 11.7 Å². The topological polar surface area (TPSA) is 24.5 Å². The van der Waals surface area contributed by atoms with E-state index in [4.69, 9.17) is 4.74 Å². The molecular weight excluding hydrogens is 341 g/mol. The average molecular weight is 362 g/mol. The molecular formula is C20H21F3N2O. The number of nitrogens with zero attached hydrogens (tertiary/aromatic N) is 1. The van der Waals surface area contributed by atoms with E-state index in [2.05, 4.69) is 10.2 Å². The maximum Gasteiger partial charge on any atom is 0.417 e. The third-order valence-electron chi connectivity index (χ3n) is 5.31. The molecule has 0 amide bonds. The summed E-state index contributed by atoms with van der Waals surface area (Å²) in [7, 11) is 1.37. The molecule has 1 fully saturated rings. The second-order valence-electron chi connectivity index (χ2n) is 6.84. The first-order chi connectivity index (χ1) is 12.5. The summed E-state index contributed by atoms with van der Waals surface area (Å²) in [6.45, 7) is 2.86. The first-order valence-corrected chi connectivity index (χ1v) is 8.83. The van der Waals surface area contributed by atoms with Gasteiger partial charge in [0, 0.05) is 24.8 Å². The molecule has 1 atom stereocenters. The van der Waals surface area contributed by atoms with Gasteiger partial charge in [-0.2, -0.15) is 13.2 Å². The van der Waals surface area contributed by atoms with E-state index in [9.17, 15) is 13.2 Å². The van der Waals surface area contributed by atoms with E-state index in [-0.39, 0.29) is 11.3 Å². The molecule has 1 unspecified atom stereocenters. The number of fused-ring (bicyclic) bond motifs is 3. The van der Waals surface area contributed by atoms with E-state index >= 15 is 0 Å². The van der Waals surface area contributed by atoms with Crippen LogP contribution in [0.3, 0.4) is 0 Å². The van der Waals surface area contributed by atoms with Crippen molar-refractivity contribution in [1.29, 1.82) is 0 Å². The van der Waals surface area contributed by atoms with Crippen LogP contribution in [-0.4, -0.2) is 32.8 Å². The number of benzene rings is 2. The smallest absolute Gasteiger partial charge is 0.417 e. The second-order valence-corrected chi connectivity index (χ2v) is 6.84. The van der Waals surface area contributed by atoms with Gasteiger partial charge in [0.25, 0.3) is 0 Å². The van der Waals surface area contributed by atoms with Crippen molar-refractivity contribution in [2.45, 2.75) is 25.1 Å². The Bertz CT molecular complexity index is 819. The summed E-state index contributed by atoms with van der Waals surface area (Å²) in [6.07, 6.45) is -2.48. The fourth-order valence-electron chi connectivity index (χ4n) is 4.05. The van der Waals surface area contributed by atoms with Crippen molar-refractivity contribution in [2.24, 2.45) is 0 Å². The van der Waals surface area contributed by atoms with Gasteiger partial charge in [-0.05, 0) is 60.3 Å². The van der Waals surface area contributed by atoms with Crippen molar-refractivity contribution in [2.75, 3.05) is 31.6 Å². The van der Waals surface area contributed by atoms with Crippen molar-refractivity contribution < 1.29 is 17.9 Å². The van der Waals surface area contributed by atoms with Crippen LogP contribution < -0.4 is 15.0 Å². The van der Waals surface area contributed by atoms with Crippen LogP contribution in [0.5, 0.6) is 5.75 Å². The van der Waals surface area contributed by atoms with E-state index in [1.54, 1.807) is 12.1 Å². The minimum absolute atomic E-state index is 0.199. The molecule has 0 bridgehead atoms. The van der Waals surface area contributed by atoms with E-state index in [1.807, 2.05) is 12.1 Å². The highest BCUT2D eigenvalue weighted by Crippen LogP contribution is 2.42. The van der Waals surface area contributed by atoms with Crippen LogP contribution in [-0.2, 0) is 12.6 Å². The lowest BCUT2D eigenvalue weighted by Gasteiger charge is -2.24. The highest BCUT2D eigenvalue weighted by atomic mass is 19.4. The number of halogens is 3. The fourth-order valence-corrected chi connectivity index (χ4v) is 4.05. The molecule has 1 saturated heterocycles. The summed E-state index contributed by atoms with van der Waals surface area (Å²) in [4.78, 5) is 2.39. The SMILES string of the molecule is COc1ccc(-c2ccc3c(c2)CC2CCNCCN32)c(C(F)(F)F)c1. The second kappa shape index (κ2) is 6.50. The number of ether oxygens (including phenoxy) is 1. The molecule has 2 aliphatic rings. The molecule has 2 heterocycles. The molecule has 3 nitrogen and oxygen atoms in total. The lowest BCUT2D eigenvalue weighted by molar-refractivity contribution is -0.137. The molecule has 2 aromatic carbocycles. The molecule has 2 aromatic rings. The van der Waals surface area contributed by atoms with Gasteiger partial charge in [0.1, 0.15) is 5.75 Å². The van der Waals surface area contributed by atoms with Gasteiger partial charge in [-0.3, -0.25) is 0 Å². The number of nitrogens with one attached hydrogen (secondary N) is 1. The van der Waals surface area contributed by atoms with Gasteiger partial charge in [-0.1, -0.05) is 12.1 Å². The van der Waals surface area contributed by atoms with Gasteiger partial charge < -0.3 is 15.0 Å². The monoisotopic (exact) mass is 362 g/mol. The van der Waals surface area contributed by atoms with Crippen molar-refractivity contribution in [3.63, 3.8) is 0 Å². The van der Waals surface area contributed by atoms with Crippen molar-refractivity contribution in [1.82, 2.24) is 5.32 Å². The Hall–Kier alpha value is -2.21. The average Bonchev–Trinajstić information content (AvgIpc) is 2.80. The molecule has 26 heavy (non-hydrogen) atoms. The zero-order valence-electron chi connectivity index (χ0n) is 14.6. The molecule has 4 rings (SSSR count). The quantitative estimate of drug-likeness (QED) is 0.870. The van der Waals surface area contributed by atoms with Gasteiger partial charge in [0.05, 0.1) is 12.7 Å². The van der Waals surface area contributed by atoms with Crippen molar-refractivity contribution in [3.05, 3.63) is 47.5 Å². The van der Waals surface area contributed by atoms with Crippen LogP contribution in [0.1, 0.15) is 17.5 Å².